The van der Waals surface area contributed by atoms with Crippen molar-refractivity contribution in [3.63, 3.8) is 0 Å². The van der Waals surface area contributed by atoms with Crippen LogP contribution in [0.15, 0.2) is 11.9 Å². The van der Waals surface area contributed by atoms with E-state index in [0.717, 1.165) is 0 Å². The zero-order valence-corrected chi connectivity index (χ0v) is 16.2. The van der Waals surface area contributed by atoms with Crippen LogP contribution in [0.2, 0.25) is 0 Å². The second-order valence-electron chi connectivity index (χ2n) is 6.33. The van der Waals surface area contributed by atoms with Crippen molar-refractivity contribution in [1.82, 2.24) is 0 Å². The molecule has 1 aliphatic heterocycles. The Kier molecular flexibility index (Phi) is 7.59. The molecule has 0 radical (unpaired) electrons. The molecule has 0 aromatic rings. The van der Waals surface area contributed by atoms with Crippen LogP contribution in [0, 0.1) is 0 Å². The number of ether oxygens (including phenoxy) is 4. The van der Waals surface area contributed by atoms with E-state index >= 15 is 0 Å². The summed E-state index contributed by atoms with van der Waals surface area (Å²) in [5.41, 5.74) is 0. The van der Waals surface area contributed by atoms with Gasteiger partial charge in [0.05, 0.1) is 6.61 Å². The summed E-state index contributed by atoms with van der Waals surface area (Å²) in [6.07, 6.45) is -0.536. The monoisotopic (exact) mass is 368 g/mol. The van der Waals surface area contributed by atoms with Crippen LogP contribution in [0.25, 0.3) is 0 Å². The molecule has 1 heterocycles. The Bertz CT molecular complexity index is 454. The molecule has 0 amide bonds. The van der Waals surface area contributed by atoms with Gasteiger partial charge in [0.2, 0.25) is 0 Å². The van der Waals surface area contributed by atoms with Gasteiger partial charge in [0.25, 0.3) is 0 Å². The summed E-state index contributed by atoms with van der Waals surface area (Å²) in [6, 6.07) is 0. The maximum atomic E-state index is 13.1. The van der Waals surface area contributed by atoms with Crippen LogP contribution in [0.5, 0.6) is 0 Å². The molecule has 8 nitrogen and oxygen atoms in total. The zero-order chi connectivity index (χ0) is 18.6. The lowest BCUT2D eigenvalue weighted by Crippen LogP contribution is -2.31. The van der Waals surface area contributed by atoms with Gasteiger partial charge in [-0.25, -0.2) is 0 Å². The van der Waals surface area contributed by atoms with Gasteiger partial charge in [-0.2, -0.15) is 0 Å². The van der Waals surface area contributed by atoms with E-state index in [1.165, 1.54) is 33.2 Å². The first-order chi connectivity index (χ1) is 11.0. The first kappa shape index (κ1) is 21.7. The lowest BCUT2D eigenvalue weighted by atomic mass is 10.1. The van der Waals surface area contributed by atoms with E-state index in [-0.39, 0.29) is 6.61 Å². The highest BCUT2D eigenvalue weighted by molar-refractivity contribution is 7.57. The van der Waals surface area contributed by atoms with Crippen molar-refractivity contribution in [2.24, 2.45) is 0 Å². The van der Waals surface area contributed by atoms with Crippen molar-refractivity contribution in [2.75, 3.05) is 27.9 Å². The van der Waals surface area contributed by atoms with E-state index in [0.29, 0.717) is 0 Å². The summed E-state index contributed by atoms with van der Waals surface area (Å²) >= 11 is 0. The van der Waals surface area contributed by atoms with Gasteiger partial charge >= 0.3 is 7.60 Å². The summed E-state index contributed by atoms with van der Waals surface area (Å²) in [7, 11) is 0.590. The minimum atomic E-state index is -3.77. The molecule has 0 unspecified atom stereocenters. The van der Waals surface area contributed by atoms with Crippen LogP contribution in [-0.4, -0.2) is 62.9 Å². The number of hydrogen-bond donors (Lipinski definition) is 1. The lowest BCUT2D eigenvalue weighted by Gasteiger charge is -2.32. The van der Waals surface area contributed by atoms with Crippen molar-refractivity contribution in [2.45, 2.75) is 57.6 Å². The van der Waals surface area contributed by atoms with Crippen LogP contribution in [0.4, 0.5) is 0 Å². The highest BCUT2D eigenvalue weighted by Gasteiger charge is 2.39. The van der Waals surface area contributed by atoms with E-state index in [1.54, 1.807) is 27.7 Å². The Morgan fingerprint density at radius 1 is 1.08 bits per heavy atom. The molecule has 0 aromatic heterocycles. The third-order valence-corrected chi connectivity index (χ3v) is 5.53. The van der Waals surface area contributed by atoms with Gasteiger partial charge in [-0.3, -0.25) is 13.6 Å². The van der Waals surface area contributed by atoms with Crippen LogP contribution in [0.1, 0.15) is 27.7 Å². The maximum absolute atomic E-state index is 13.1. The fourth-order valence-electron chi connectivity index (χ4n) is 1.95. The summed E-state index contributed by atoms with van der Waals surface area (Å²) in [5.74, 6) is -1.04. The van der Waals surface area contributed by atoms with Gasteiger partial charge in [-0.15, -0.1) is 0 Å². The van der Waals surface area contributed by atoms with E-state index in [4.69, 9.17) is 28.0 Å². The molecule has 3 atom stereocenters. The van der Waals surface area contributed by atoms with Crippen molar-refractivity contribution in [3.8, 4) is 0 Å². The number of hydrogen-bond acceptors (Lipinski definition) is 8. The zero-order valence-electron chi connectivity index (χ0n) is 15.3. The fraction of sp³-hybridized carbons (Fsp3) is 0.867. The number of methoxy groups -OCH3 is 3. The van der Waals surface area contributed by atoms with E-state index in [1.807, 2.05) is 0 Å². The lowest BCUT2D eigenvalue weighted by molar-refractivity contribution is -0.171. The molecule has 1 saturated heterocycles. The Morgan fingerprint density at radius 2 is 1.58 bits per heavy atom. The van der Waals surface area contributed by atoms with Crippen molar-refractivity contribution < 1.29 is 37.7 Å². The van der Waals surface area contributed by atoms with Gasteiger partial charge in [0.1, 0.15) is 18.3 Å². The predicted octanol–water partition coefficient (Wildman–Crippen LogP) is 2.27. The average molecular weight is 368 g/mol. The first-order valence-electron chi connectivity index (χ1n) is 7.61. The topological polar surface area (TPSA) is 92.7 Å². The van der Waals surface area contributed by atoms with E-state index < -0.39 is 37.5 Å². The third-order valence-electron chi connectivity index (χ3n) is 3.61. The molecule has 1 aliphatic rings. The molecule has 9 heteroatoms. The summed E-state index contributed by atoms with van der Waals surface area (Å²) < 4.78 is 45.0. The minimum absolute atomic E-state index is 0.242. The molecule has 1 N–H and O–H groups in total. The van der Waals surface area contributed by atoms with Crippen molar-refractivity contribution in [3.05, 3.63) is 11.9 Å². The van der Waals surface area contributed by atoms with Gasteiger partial charge in [-0.05, 0) is 33.8 Å². The standard InChI is InChI=1S/C15H29O8P/c1-14(2,19-6)22-24(17,23-15(3,4)20-7)9-8-11-13(16)12(18-5)10-21-11/h8-9,11-13,16H,10H2,1-7H3/b9-8+/t11-,12+,13-/m1/s1. The Labute approximate surface area is 143 Å². The molecule has 142 valence electrons. The van der Waals surface area contributed by atoms with Crippen LogP contribution in [-0.2, 0) is 32.6 Å². The van der Waals surface area contributed by atoms with E-state index in [2.05, 4.69) is 0 Å². The molecule has 1 fully saturated rings. The van der Waals surface area contributed by atoms with Crippen molar-refractivity contribution in [1.29, 1.82) is 0 Å². The molecule has 0 aromatic carbocycles. The Hall–Kier alpha value is -0.310. The molecule has 0 spiro atoms. The molecular weight excluding hydrogens is 339 g/mol. The number of aliphatic hydroxyl groups excluding tert-OH is 1. The van der Waals surface area contributed by atoms with Gasteiger partial charge in [0, 0.05) is 27.1 Å². The first-order valence-corrected chi connectivity index (χ1v) is 9.22. The third kappa shape index (κ3) is 6.20. The van der Waals surface area contributed by atoms with E-state index in [9.17, 15) is 9.67 Å². The maximum Gasteiger partial charge on any atom is 0.358 e. The molecule has 0 aliphatic carbocycles. The normalized spacial score (nSPS) is 26.4. The largest absolute Gasteiger partial charge is 0.387 e. The average Bonchev–Trinajstić information content (AvgIpc) is 2.84. The summed E-state index contributed by atoms with van der Waals surface area (Å²) in [5, 5.41) is 10.1. The molecule has 24 heavy (non-hydrogen) atoms. The second kappa shape index (κ2) is 8.38. The highest BCUT2D eigenvalue weighted by Crippen LogP contribution is 2.56. The van der Waals surface area contributed by atoms with Crippen LogP contribution in [0.3, 0.4) is 0 Å². The second-order valence-corrected chi connectivity index (χ2v) is 8.08. The van der Waals surface area contributed by atoms with Gasteiger partial charge in [-0.1, -0.05) is 0 Å². The van der Waals surface area contributed by atoms with Gasteiger partial charge in [0.15, 0.2) is 11.6 Å². The van der Waals surface area contributed by atoms with Crippen molar-refractivity contribution >= 4 is 7.60 Å². The minimum Gasteiger partial charge on any atom is -0.387 e. The quantitative estimate of drug-likeness (QED) is 0.489. The van der Waals surface area contributed by atoms with Crippen LogP contribution < -0.4 is 0 Å². The highest BCUT2D eigenvalue weighted by atomic mass is 31.2. The SMILES string of the molecule is CO[C@H]1CO[C@H](/C=C/P(=O)(OC(C)(C)OC)OC(C)(C)OC)[C@H]1O. The Balaban J connectivity index is 2.97. The molecule has 0 bridgehead atoms. The smallest absolute Gasteiger partial charge is 0.358 e. The molecular formula is C15H29O8P. The molecule has 0 saturated carbocycles. The predicted molar refractivity (Wildman–Crippen MR) is 87.6 cm³/mol. The fourth-order valence-corrected chi connectivity index (χ4v) is 3.86. The number of aliphatic hydroxyl groups is 1. The molecule has 1 rings (SSSR count). The summed E-state index contributed by atoms with van der Waals surface area (Å²) in [6.45, 7) is 6.68. The summed E-state index contributed by atoms with van der Waals surface area (Å²) in [4.78, 5) is 0. The van der Waals surface area contributed by atoms with Crippen LogP contribution >= 0.6 is 7.60 Å². The number of rotatable bonds is 9. The Morgan fingerprint density at radius 3 is 1.96 bits per heavy atom. The van der Waals surface area contributed by atoms with Gasteiger partial charge < -0.3 is 24.1 Å².